The van der Waals surface area contributed by atoms with Gasteiger partial charge in [0.15, 0.2) is 0 Å². The molecule has 5 heteroatoms. The van der Waals surface area contributed by atoms with E-state index in [1.807, 2.05) is 30.5 Å². The Morgan fingerprint density at radius 1 is 1.29 bits per heavy atom. The number of benzene rings is 1. The van der Waals surface area contributed by atoms with Crippen LogP contribution in [0, 0.1) is 11.3 Å². The van der Waals surface area contributed by atoms with Crippen LogP contribution in [-0.4, -0.2) is 23.9 Å². The van der Waals surface area contributed by atoms with Crippen molar-refractivity contribution in [1.82, 2.24) is 15.5 Å². The number of methoxy groups -OCH3 is 1. The number of nitrogens with one attached hydrogen (secondary N) is 2. The third-order valence-electron chi connectivity index (χ3n) is 3.30. The molecule has 0 spiro atoms. The number of rotatable bonds is 8. The molecule has 0 amide bonds. The molecule has 1 heterocycles. The molecule has 0 fully saturated rings. The lowest BCUT2D eigenvalue weighted by Gasteiger charge is -2.06. The van der Waals surface area contributed by atoms with E-state index in [4.69, 9.17) is 10.00 Å². The Morgan fingerprint density at radius 3 is 2.81 bits per heavy atom. The summed E-state index contributed by atoms with van der Waals surface area (Å²) in [6, 6.07) is 10.1. The molecule has 2 aromatic rings. The van der Waals surface area contributed by atoms with Gasteiger partial charge in [0.1, 0.15) is 5.75 Å². The van der Waals surface area contributed by atoms with Gasteiger partial charge in [-0.15, -0.1) is 0 Å². The number of nitriles is 1. The van der Waals surface area contributed by atoms with Gasteiger partial charge in [-0.05, 0) is 43.7 Å². The third kappa shape index (κ3) is 4.33. The normalized spacial score (nSPS) is 10.3. The molecule has 0 aliphatic heterocycles. The first-order valence-corrected chi connectivity index (χ1v) is 7.09. The van der Waals surface area contributed by atoms with E-state index < -0.39 is 0 Å². The molecule has 2 N–H and O–H groups in total. The molecule has 0 aliphatic rings. The predicted octanol–water partition coefficient (Wildman–Crippen LogP) is 2.87. The molecule has 1 aromatic carbocycles. The summed E-state index contributed by atoms with van der Waals surface area (Å²) in [4.78, 5) is 0. The fourth-order valence-electron chi connectivity index (χ4n) is 2.13. The van der Waals surface area contributed by atoms with Crippen LogP contribution >= 0.6 is 0 Å². The van der Waals surface area contributed by atoms with E-state index in [2.05, 4.69) is 21.6 Å². The van der Waals surface area contributed by atoms with Crippen molar-refractivity contribution in [2.24, 2.45) is 0 Å². The smallest absolute Gasteiger partial charge is 0.118 e. The molecule has 0 saturated heterocycles. The van der Waals surface area contributed by atoms with Crippen LogP contribution in [0.2, 0.25) is 0 Å². The first-order valence-electron chi connectivity index (χ1n) is 7.09. The summed E-state index contributed by atoms with van der Waals surface area (Å²) in [5.41, 5.74) is 3.26. The molecule has 0 saturated carbocycles. The lowest BCUT2D eigenvalue weighted by molar-refractivity contribution is 0.415. The maximum atomic E-state index is 8.48. The second-order valence-corrected chi connectivity index (χ2v) is 4.79. The lowest BCUT2D eigenvalue weighted by Crippen LogP contribution is -2.14. The van der Waals surface area contributed by atoms with Crippen molar-refractivity contribution in [3.8, 4) is 23.1 Å². The summed E-state index contributed by atoms with van der Waals surface area (Å²) < 4.78 is 5.17. The van der Waals surface area contributed by atoms with Gasteiger partial charge >= 0.3 is 0 Å². The summed E-state index contributed by atoms with van der Waals surface area (Å²) in [6.07, 6.45) is 4.44. The number of ether oxygens (including phenoxy) is 1. The van der Waals surface area contributed by atoms with Crippen molar-refractivity contribution in [2.45, 2.75) is 25.8 Å². The first kappa shape index (κ1) is 15.1. The van der Waals surface area contributed by atoms with E-state index in [1.54, 1.807) is 7.11 Å². The van der Waals surface area contributed by atoms with E-state index in [0.717, 1.165) is 48.5 Å². The van der Waals surface area contributed by atoms with Gasteiger partial charge in [0, 0.05) is 24.1 Å². The predicted molar refractivity (Wildman–Crippen MR) is 81.7 cm³/mol. The van der Waals surface area contributed by atoms with Crippen LogP contribution in [0.1, 0.15) is 24.8 Å². The Bertz CT molecular complexity index is 583. The summed E-state index contributed by atoms with van der Waals surface area (Å²) in [6.45, 7) is 1.68. The average Bonchev–Trinajstić information content (AvgIpc) is 2.99. The molecule has 5 nitrogen and oxygen atoms in total. The molecule has 0 radical (unpaired) electrons. The zero-order valence-electron chi connectivity index (χ0n) is 12.2. The molecule has 0 aliphatic carbocycles. The molecule has 0 unspecified atom stereocenters. The Balaban J connectivity index is 1.90. The van der Waals surface area contributed by atoms with Crippen molar-refractivity contribution in [3.05, 3.63) is 36.0 Å². The quantitative estimate of drug-likeness (QED) is 0.731. The molecule has 110 valence electrons. The Morgan fingerprint density at radius 2 is 2.10 bits per heavy atom. The maximum absolute atomic E-state index is 8.48. The van der Waals surface area contributed by atoms with E-state index in [1.165, 1.54) is 0 Å². The van der Waals surface area contributed by atoms with E-state index in [0.29, 0.717) is 6.42 Å². The number of nitrogens with zero attached hydrogens (tertiary/aromatic N) is 2. The fraction of sp³-hybridized carbons (Fsp3) is 0.375. The van der Waals surface area contributed by atoms with Crippen molar-refractivity contribution < 1.29 is 4.74 Å². The second-order valence-electron chi connectivity index (χ2n) is 4.79. The average molecular weight is 284 g/mol. The molecule has 0 bridgehead atoms. The summed E-state index contributed by atoms with van der Waals surface area (Å²) >= 11 is 0. The summed E-state index contributed by atoms with van der Waals surface area (Å²) in [5.74, 6) is 0.843. The minimum atomic E-state index is 0.629. The second kappa shape index (κ2) is 8.08. The number of H-pyrrole nitrogens is 1. The van der Waals surface area contributed by atoms with Gasteiger partial charge in [0.2, 0.25) is 0 Å². The summed E-state index contributed by atoms with van der Waals surface area (Å²) in [5, 5.41) is 19.0. The number of hydrogen-bond acceptors (Lipinski definition) is 4. The van der Waals surface area contributed by atoms with Gasteiger partial charge in [-0.2, -0.15) is 10.4 Å². The Labute approximate surface area is 124 Å². The highest BCUT2D eigenvalue weighted by Crippen LogP contribution is 2.23. The Hall–Kier alpha value is -2.32. The van der Waals surface area contributed by atoms with E-state index >= 15 is 0 Å². The minimum Gasteiger partial charge on any atom is -0.497 e. The highest BCUT2D eigenvalue weighted by atomic mass is 16.5. The number of aromatic nitrogens is 2. The van der Waals surface area contributed by atoms with Gasteiger partial charge in [-0.3, -0.25) is 5.10 Å². The molecule has 1 aromatic heterocycles. The van der Waals surface area contributed by atoms with E-state index in [-0.39, 0.29) is 0 Å². The number of unbranched alkanes of at least 4 members (excludes halogenated alkanes) is 2. The highest BCUT2D eigenvalue weighted by Gasteiger charge is 2.07. The van der Waals surface area contributed by atoms with Gasteiger partial charge in [-0.25, -0.2) is 0 Å². The first-order chi connectivity index (χ1) is 10.3. The highest BCUT2D eigenvalue weighted by molar-refractivity contribution is 5.63. The molecule has 21 heavy (non-hydrogen) atoms. The van der Waals surface area contributed by atoms with Crippen molar-refractivity contribution >= 4 is 0 Å². The van der Waals surface area contributed by atoms with Crippen LogP contribution in [-0.2, 0) is 6.54 Å². The zero-order chi connectivity index (χ0) is 14.9. The number of hydrogen-bond donors (Lipinski definition) is 2. The van der Waals surface area contributed by atoms with Crippen LogP contribution in [0.25, 0.3) is 11.3 Å². The van der Waals surface area contributed by atoms with Crippen LogP contribution in [0.15, 0.2) is 30.5 Å². The molecular formula is C16H20N4O. The van der Waals surface area contributed by atoms with Gasteiger partial charge in [0.25, 0.3) is 0 Å². The van der Waals surface area contributed by atoms with E-state index in [9.17, 15) is 0 Å². The SMILES string of the molecule is COc1ccc(-c2[nH]ncc2CNCCCCC#N)cc1. The van der Waals surface area contributed by atoms with Crippen molar-refractivity contribution in [3.63, 3.8) is 0 Å². The minimum absolute atomic E-state index is 0.629. The van der Waals surface area contributed by atoms with Crippen molar-refractivity contribution in [1.29, 1.82) is 5.26 Å². The number of aromatic amines is 1. The molecule has 2 rings (SSSR count). The fourth-order valence-corrected chi connectivity index (χ4v) is 2.13. The zero-order valence-corrected chi connectivity index (χ0v) is 12.2. The van der Waals surface area contributed by atoms with Gasteiger partial charge in [0.05, 0.1) is 25.1 Å². The van der Waals surface area contributed by atoms with Gasteiger partial charge in [-0.1, -0.05) is 0 Å². The monoisotopic (exact) mass is 284 g/mol. The van der Waals surface area contributed by atoms with Crippen LogP contribution in [0.4, 0.5) is 0 Å². The third-order valence-corrected chi connectivity index (χ3v) is 3.30. The largest absolute Gasteiger partial charge is 0.497 e. The van der Waals surface area contributed by atoms with Crippen molar-refractivity contribution in [2.75, 3.05) is 13.7 Å². The van der Waals surface area contributed by atoms with Gasteiger partial charge < -0.3 is 10.1 Å². The summed E-state index contributed by atoms with van der Waals surface area (Å²) in [7, 11) is 1.66. The molecular weight excluding hydrogens is 264 g/mol. The topological polar surface area (TPSA) is 73.7 Å². The standard InChI is InChI=1S/C16H20N4O/c1-21-15-7-5-13(6-8-15)16-14(12-19-20-16)11-18-10-4-2-3-9-17/h5-8,12,18H,2-4,10-11H2,1H3,(H,19,20). The van der Waals surface area contributed by atoms with Crippen LogP contribution in [0.5, 0.6) is 5.75 Å². The van der Waals surface area contributed by atoms with Crippen LogP contribution < -0.4 is 10.1 Å². The maximum Gasteiger partial charge on any atom is 0.118 e. The Kier molecular flexibility index (Phi) is 5.80. The molecule has 0 atom stereocenters. The lowest BCUT2D eigenvalue weighted by atomic mass is 10.1. The van der Waals surface area contributed by atoms with Crippen LogP contribution in [0.3, 0.4) is 0 Å².